The molecule has 14 nitrogen and oxygen atoms in total. The highest BCUT2D eigenvalue weighted by atomic mass is 31.2. The van der Waals surface area contributed by atoms with Crippen LogP contribution in [0, 0.1) is 0 Å². The van der Waals surface area contributed by atoms with E-state index >= 15 is 0 Å². The number of rotatable bonds is 8. The summed E-state index contributed by atoms with van der Waals surface area (Å²) in [5.41, 5.74) is 2.63. The number of nitrogens with one attached hydrogen (secondary N) is 2. The minimum atomic E-state index is -4.64. The lowest BCUT2D eigenvalue weighted by molar-refractivity contribution is -0.132. The fourth-order valence-electron chi connectivity index (χ4n) is 2.99. The van der Waals surface area contributed by atoms with Gasteiger partial charge in [0.2, 0.25) is 0 Å². The van der Waals surface area contributed by atoms with Crippen LogP contribution in [0.2, 0.25) is 0 Å². The van der Waals surface area contributed by atoms with E-state index in [1.54, 1.807) is 6.33 Å². The molecule has 1 unspecified atom stereocenters. The first kappa shape index (κ1) is 25.9. The Morgan fingerprint density at radius 1 is 1.12 bits per heavy atom. The first-order valence-electron chi connectivity index (χ1n) is 10.2. The molecule has 3 heterocycles. The van der Waals surface area contributed by atoms with Crippen LogP contribution >= 0.6 is 7.82 Å². The number of hydrogen-bond donors (Lipinski definition) is 7. The number of phosphoric ester groups is 1. The molecule has 0 amide bonds. The van der Waals surface area contributed by atoms with E-state index in [9.17, 15) is 4.57 Å². The molecule has 4 atom stereocenters. The summed E-state index contributed by atoms with van der Waals surface area (Å²) in [4.78, 5) is 32.1. The zero-order valence-corrected chi connectivity index (χ0v) is 18.9. The van der Waals surface area contributed by atoms with E-state index in [1.165, 1.54) is 6.33 Å². The summed E-state index contributed by atoms with van der Waals surface area (Å²) < 4.78 is 24.3. The molecule has 0 spiro atoms. The number of ether oxygens (including phenoxy) is 2. The quantitative estimate of drug-likeness (QED) is 0.202. The molecule has 3 aromatic rings. The maximum atomic E-state index is 10.3. The van der Waals surface area contributed by atoms with E-state index in [0.717, 1.165) is 22.6 Å². The van der Waals surface area contributed by atoms with E-state index in [-0.39, 0.29) is 0 Å². The average Bonchev–Trinajstić information content (AvgIpc) is 3.38. The maximum absolute atomic E-state index is 10.3. The summed E-state index contributed by atoms with van der Waals surface area (Å²) in [5.74, 6) is 1.63. The fourth-order valence-corrected chi connectivity index (χ4v) is 3.33. The van der Waals surface area contributed by atoms with Gasteiger partial charge in [0.05, 0.1) is 19.5 Å². The molecule has 1 aliphatic heterocycles. The van der Waals surface area contributed by atoms with Crippen LogP contribution in [-0.2, 0) is 20.4 Å². The lowest BCUT2D eigenvalue weighted by Gasteiger charge is -2.14. The number of aliphatic hydroxyl groups excluding tert-OH is 3. The Morgan fingerprint density at radius 3 is 2.47 bits per heavy atom. The van der Waals surface area contributed by atoms with Crippen molar-refractivity contribution in [3.63, 3.8) is 0 Å². The lowest BCUT2D eigenvalue weighted by Crippen LogP contribution is -2.34. The van der Waals surface area contributed by atoms with Gasteiger partial charge in [0, 0.05) is 6.54 Å². The normalized spacial score (nSPS) is 22.3. The van der Waals surface area contributed by atoms with Crippen LogP contribution in [-0.4, -0.2) is 82.9 Å². The molecule has 2 aromatic heterocycles. The molecule has 1 saturated heterocycles. The zero-order chi connectivity index (χ0) is 24.7. The van der Waals surface area contributed by atoms with Crippen molar-refractivity contribution in [2.75, 3.05) is 18.5 Å². The van der Waals surface area contributed by atoms with Gasteiger partial charge in [-0.25, -0.2) is 19.5 Å². The van der Waals surface area contributed by atoms with Crippen LogP contribution in [0.15, 0.2) is 36.9 Å². The van der Waals surface area contributed by atoms with Crippen molar-refractivity contribution in [2.24, 2.45) is 0 Å². The van der Waals surface area contributed by atoms with Crippen molar-refractivity contribution in [3.8, 4) is 5.75 Å². The summed E-state index contributed by atoms with van der Waals surface area (Å²) in [7, 11) is -4.64. The smallest absolute Gasteiger partial charge is 0.469 e. The van der Waals surface area contributed by atoms with Gasteiger partial charge in [-0.1, -0.05) is 12.1 Å². The molecule has 15 heteroatoms. The second-order valence-corrected chi connectivity index (χ2v) is 8.33. The number of fused-ring (bicyclic) bond motifs is 1. The number of aromatic nitrogens is 4. The topological polar surface area (TPSA) is 212 Å². The van der Waals surface area contributed by atoms with E-state index in [1.807, 2.05) is 31.2 Å². The maximum Gasteiger partial charge on any atom is 0.469 e. The van der Waals surface area contributed by atoms with Gasteiger partial charge in [-0.2, -0.15) is 0 Å². The van der Waals surface area contributed by atoms with Gasteiger partial charge in [0.25, 0.3) is 0 Å². The summed E-state index contributed by atoms with van der Waals surface area (Å²) in [6, 6.07) is 7.99. The van der Waals surface area contributed by atoms with Gasteiger partial charge >= 0.3 is 7.82 Å². The summed E-state index contributed by atoms with van der Waals surface area (Å²) in [5, 5.41) is 30.3. The van der Waals surface area contributed by atoms with Crippen molar-refractivity contribution in [3.05, 3.63) is 42.5 Å². The first-order valence-corrected chi connectivity index (χ1v) is 11.7. The summed E-state index contributed by atoms with van der Waals surface area (Å²) in [6.45, 7) is 2.72. The van der Waals surface area contributed by atoms with Gasteiger partial charge in [0.1, 0.15) is 35.9 Å². The molecular formula is C19H26N5O9P. The Kier molecular flexibility index (Phi) is 8.88. The molecular weight excluding hydrogens is 473 g/mol. The van der Waals surface area contributed by atoms with Gasteiger partial charge < -0.3 is 44.9 Å². The SMILES string of the molecule is CCOc1ccc(CNc2ncnc3nc[nH]c23)cc1.O=P(O)(O)OC[C@H]1OC(O)[C@H](O)[C@@H]1O. The number of nitrogens with zero attached hydrogens (tertiary/aromatic N) is 3. The Bertz CT molecular complexity index is 1090. The second-order valence-electron chi connectivity index (χ2n) is 7.09. The second kappa shape index (κ2) is 11.6. The minimum absolute atomic E-state index is 0.612. The van der Waals surface area contributed by atoms with Crippen LogP contribution in [0.25, 0.3) is 11.2 Å². The van der Waals surface area contributed by atoms with E-state index < -0.39 is 39.0 Å². The summed E-state index contributed by atoms with van der Waals surface area (Å²) >= 11 is 0. The van der Waals surface area contributed by atoms with Gasteiger partial charge in [0.15, 0.2) is 17.8 Å². The number of benzene rings is 1. The average molecular weight is 499 g/mol. The third kappa shape index (κ3) is 7.16. The number of H-pyrrole nitrogens is 1. The Morgan fingerprint density at radius 2 is 1.85 bits per heavy atom. The highest BCUT2D eigenvalue weighted by Gasteiger charge is 2.42. The fraction of sp³-hybridized carbons (Fsp3) is 0.421. The van der Waals surface area contributed by atoms with Crippen LogP contribution in [0.1, 0.15) is 12.5 Å². The molecule has 186 valence electrons. The van der Waals surface area contributed by atoms with Crippen molar-refractivity contribution in [2.45, 2.75) is 38.1 Å². The first-order chi connectivity index (χ1) is 16.2. The van der Waals surface area contributed by atoms with Crippen LogP contribution in [0.3, 0.4) is 0 Å². The van der Waals surface area contributed by atoms with Crippen LogP contribution in [0.5, 0.6) is 5.75 Å². The van der Waals surface area contributed by atoms with Crippen LogP contribution < -0.4 is 10.1 Å². The predicted octanol–water partition coefficient (Wildman–Crippen LogP) is -0.102. The molecule has 7 N–H and O–H groups in total. The number of hydrogen-bond acceptors (Lipinski definition) is 11. The minimum Gasteiger partial charge on any atom is -0.494 e. The van der Waals surface area contributed by atoms with Gasteiger partial charge in [-0.05, 0) is 24.6 Å². The van der Waals surface area contributed by atoms with Crippen molar-refractivity contribution < 1.29 is 43.7 Å². The molecule has 0 bridgehead atoms. The van der Waals surface area contributed by atoms with Gasteiger partial charge in [-0.15, -0.1) is 0 Å². The van der Waals surface area contributed by atoms with Crippen LogP contribution in [0.4, 0.5) is 5.82 Å². The Hall–Kier alpha value is -2.68. The number of anilines is 1. The van der Waals surface area contributed by atoms with E-state index in [4.69, 9.17) is 29.8 Å². The summed E-state index contributed by atoms with van der Waals surface area (Å²) in [6.07, 6.45) is -2.55. The zero-order valence-electron chi connectivity index (χ0n) is 18.1. The van der Waals surface area contributed by atoms with Crippen molar-refractivity contribution in [1.29, 1.82) is 0 Å². The standard InChI is InChI=1S/C14H15N5O.C5H11O8P/c1-2-20-11-5-3-10(4-6-11)7-15-13-12-14(17-8-16-12)19-9-18-13;6-3-2(1-12-14(9,10)11)13-5(8)4(3)7/h3-6,8-9H,2,7H2,1H3,(H2,15,16,17,18,19);2-8H,1H2,(H2,9,10,11)/t;2-,3-,4-,5?/m.1/s1. The van der Waals surface area contributed by atoms with Crippen molar-refractivity contribution >= 4 is 24.8 Å². The lowest BCUT2D eigenvalue weighted by atomic mass is 10.1. The van der Waals surface area contributed by atoms with Crippen molar-refractivity contribution in [1.82, 2.24) is 19.9 Å². The molecule has 1 aliphatic rings. The largest absolute Gasteiger partial charge is 0.494 e. The van der Waals surface area contributed by atoms with Gasteiger partial charge in [-0.3, -0.25) is 4.52 Å². The molecule has 0 aliphatic carbocycles. The molecule has 1 aromatic carbocycles. The molecule has 0 saturated carbocycles. The number of aliphatic hydroxyl groups is 3. The molecule has 1 fully saturated rings. The van der Waals surface area contributed by atoms with E-state index in [0.29, 0.717) is 18.8 Å². The number of phosphoric acid groups is 1. The third-order valence-electron chi connectivity index (χ3n) is 4.66. The Balaban J connectivity index is 0.000000204. The van der Waals surface area contributed by atoms with E-state index in [2.05, 4.69) is 34.5 Å². The number of aromatic amines is 1. The highest BCUT2D eigenvalue weighted by molar-refractivity contribution is 7.46. The Labute approximate surface area is 193 Å². The predicted molar refractivity (Wildman–Crippen MR) is 118 cm³/mol. The molecule has 34 heavy (non-hydrogen) atoms. The highest BCUT2D eigenvalue weighted by Crippen LogP contribution is 2.37. The third-order valence-corrected chi connectivity index (χ3v) is 5.15. The molecule has 0 radical (unpaired) electrons. The molecule has 4 rings (SSSR count). The number of imidazole rings is 1. The monoisotopic (exact) mass is 499 g/mol.